The number of nitrogen functional groups attached to an aromatic ring is 1. The Balaban J connectivity index is 0.000000151. The number of rotatable bonds is 0. The molecule has 0 radical (unpaired) electrons. The standard InChI is InChI=1S/C11H6ClN.C11H8N2/c12-11-6-5-8(7-13)9-3-1-2-4-10(9)11;12-7-8-5-6-11(13)10-4-2-1-3-9(8)10/h1-6H;1-6H,13H2. The maximum atomic E-state index is 8.84. The molecule has 0 saturated carbocycles. The molecule has 4 rings (SSSR count). The highest BCUT2D eigenvalue weighted by Crippen LogP contribution is 2.26. The minimum absolute atomic E-state index is 0.667. The molecule has 3 nitrogen and oxygen atoms in total. The average Bonchev–Trinajstić information content (AvgIpc) is 2.70. The van der Waals surface area contributed by atoms with E-state index in [9.17, 15) is 0 Å². The Labute approximate surface area is 156 Å². The Morgan fingerprint density at radius 1 is 0.615 bits per heavy atom. The Hall–Kier alpha value is -3.53. The van der Waals surface area contributed by atoms with Gasteiger partial charge >= 0.3 is 0 Å². The minimum Gasteiger partial charge on any atom is -0.398 e. The number of nitrogens with zero attached hydrogens (tertiary/aromatic N) is 2. The van der Waals surface area contributed by atoms with Gasteiger partial charge in [0.2, 0.25) is 0 Å². The maximum Gasteiger partial charge on any atom is 0.0998 e. The third-order valence-electron chi connectivity index (χ3n) is 4.07. The Bertz CT molecular complexity index is 1090. The van der Waals surface area contributed by atoms with E-state index < -0.39 is 0 Å². The van der Waals surface area contributed by atoms with Crippen LogP contribution in [0.25, 0.3) is 21.5 Å². The molecular formula is C22H14ClN3. The van der Waals surface area contributed by atoms with Gasteiger partial charge in [0.25, 0.3) is 0 Å². The predicted molar refractivity (Wildman–Crippen MR) is 107 cm³/mol. The molecule has 0 heterocycles. The van der Waals surface area contributed by atoms with Crippen LogP contribution in [0.4, 0.5) is 5.69 Å². The number of hydrogen-bond acceptors (Lipinski definition) is 3. The highest BCUT2D eigenvalue weighted by Gasteiger charge is 2.02. The molecule has 2 N–H and O–H groups in total. The second-order valence-electron chi connectivity index (χ2n) is 5.61. The van der Waals surface area contributed by atoms with Crippen molar-refractivity contribution in [3.05, 3.63) is 88.9 Å². The van der Waals surface area contributed by atoms with Crippen LogP contribution in [0.2, 0.25) is 5.02 Å². The fourth-order valence-electron chi connectivity index (χ4n) is 2.78. The lowest BCUT2D eigenvalue weighted by molar-refractivity contribution is 1.50. The molecule has 4 aromatic carbocycles. The van der Waals surface area contributed by atoms with E-state index in [1.807, 2.05) is 48.5 Å². The summed E-state index contributed by atoms with van der Waals surface area (Å²) >= 11 is 5.98. The molecule has 0 atom stereocenters. The van der Waals surface area contributed by atoms with Crippen molar-refractivity contribution in [2.75, 3.05) is 5.73 Å². The van der Waals surface area contributed by atoms with E-state index in [1.54, 1.807) is 24.3 Å². The summed E-state index contributed by atoms with van der Waals surface area (Å²) in [7, 11) is 0. The average molecular weight is 356 g/mol. The molecule has 0 aliphatic heterocycles. The van der Waals surface area contributed by atoms with Crippen molar-refractivity contribution in [3.63, 3.8) is 0 Å². The molecule has 4 heteroatoms. The molecule has 26 heavy (non-hydrogen) atoms. The maximum absolute atomic E-state index is 8.84. The van der Waals surface area contributed by atoms with Gasteiger partial charge in [-0.15, -0.1) is 0 Å². The van der Waals surface area contributed by atoms with E-state index >= 15 is 0 Å². The van der Waals surface area contributed by atoms with E-state index in [0.29, 0.717) is 16.1 Å². The number of halogens is 1. The topological polar surface area (TPSA) is 73.6 Å². The van der Waals surface area contributed by atoms with Gasteiger partial charge in [0.1, 0.15) is 0 Å². The molecule has 0 amide bonds. The summed E-state index contributed by atoms with van der Waals surface area (Å²) in [5, 5.41) is 22.1. The summed E-state index contributed by atoms with van der Waals surface area (Å²) in [5.74, 6) is 0. The number of nitriles is 2. The Morgan fingerprint density at radius 3 is 1.65 bits per heavy atom. The van der Waals surface area contributed by atoms with E-state index in [4.69, 9.17) is 27.9 Å². The van der Waals surface area contributed by atoms with Crippen LogP contribution >= 0.6 is 11.6 Å². The molecule has 0 bridgehead atoms. The van der Waals surface area contributed by atoms with Gasteiger partial charge in [0.05, 0.1) is 23.3 Å². The van der Waals surface area contributed by atoms with Crippen molar-refractivity contribution in [2.24, 2.45) is 0 Å². The first kappa shape index (κ1) is 17.3. The first-order valence-corrected chi connectivity index (χ1v) is 8.28. The smallest absolute Gasteiger partial charge is 0.0998 e. The normalized spacial score (nSPS) is 9.81. The van der Waals surface area contributed by atoms with Gasteiger partial charge in [-0.2, -0.15) is 10.5 Å². The quantitative estimate of drug-likeness (QED) is 0.413. The van der Waals surface area contributed by atoms with Gasteiger partial charge in [-0.3, -0.25) is 0 Å². The summed E-state index contributed by atoms with van der Waals surface area (Å²) in [6, 6.07) is 26.6. The predicted octanol–water partition coefficient (Wildman–Crippen LogP) is 5.66. The van der Waals surface area contributed by atoms with Crippen LogP contribution in [0.3, 0.4) is 0 Å². The fraction of sp³-hybridized carbons (Fsp3) is 0. The van der Waals surface area contributed by atoms with Gasteiger partial charge in [-0.1, -0.05) is 60.1 Å². The summed E-state index contributed by atoms with van der Waals surface area (Å²) < 4.78 is 0. The Morgan fingerprint density at radius 2 is 1.08 bits per heavy atom. The number of fused-ring (bicyclic) bond motifs is 2. The third kappa shape index (κ3) is 3.30. The first-order valence-electron chi connectivity index (χ1n) is 7.90. The molecule has 0 aliphatic carbocycles. The zero-order valence-electron chi connectivity index (χ0n) is 13.8. The number of nitrogens with two attached hydrogens (primary N) is 1. The van der Waals surface area contributed by atoms with E-state index in [-0.39, 0.29) is 0 Å². The summed E-state index contributed by atoms with van der Waals surface area (Å²) in [4.78, 5) is 0. The number of anilines is 1. The van der Waals surface area contributed by atoms with Crippen LogP contribution in [-0.2, 0) is 0 Å². The number of benzene rings is 4. The van der Waals surface area contributed by atoms with Crippen molar-refractivity contribution in [2.45, 2.75) is 0 Å². The van der Waals surface area contributed by atoms with Crippen molar-refractivity contribution >= 4 is 38.8 Å². The highest BCUT2D eigenvalue weighted by molar-refractivity contribution is 6.35. The van der Waals surface area contributed by atoms with Crippen molar-refractivity contribution in [3.8, 4) is 12.1 Å². The third-order valence-corrected chi connectivity index (χ3v) is 4.40. The second kappa shape index (κ2) is 7.57. The lowest BCUT2D eigenvalue weighted by Gasteiger charge is -2.02. The van der Waals surface area contributed by atoms with Gasteiger partial charge in [-0.05, 0) is 24.3 Å². The van der Waals surface area contributed by atoms with Crippen LogP contribution in [0, 0.1) is 22.7 Å². The van der Waals surface area contributed by atoms with E-state index in [1.165, 1.54) is 0 Å². The Kier molecular flexibility index (Phi) is 5.04. The zero-order chi connectivity index (χ0) is 18.5. The first-order chi connectivity index (χ1) is 12.7. The molecule has 0 aromatic heterocycles. The van der Waals surface area contributed by atoms with Gasteiger partial charge in [0.15, 0.2) is 0 Å². The van der Waals surface area contributed by atoms with Gasteiger partial charge in [0, 0.05) is 32.3 Å². The van der Waals surface area contributed by atoms with Gasteiger partial charge in [-0.25, -0.2) is 0 Å². The lowest BCUT2D eigenvalue weighted by Crippen LogP contribution is -1.88. The highest BCUT2D eigenvalue weighted by atomic mass is 35.5. The molecule has 124 valence electrons. The summed E-state index contributed by atoms with van der Waals surface area (Å²) in [5.41, 5.74) is 7.83. The van der Waals surface area contributed by atoms with Crippen molar-refractivity contribution in [1.82, 2.24) is 0 Å². The van der Waals surface area contributed by atoms with Crippen LogP contribution in [-0.4, -0.2) is 0 Å². The molecule has 0 spiro atoms. The molecule has 0 fully saturated rings. The lowest BCUT2D eigenvalue weighted by atomic mass is 10.0. The molecule has 4 aromatic rings. The zero-order valence-corrected chi connectivity index (χ0v) is 14.5. The van der Waals surface area contributed by atoms with Crippen LogP contribution < -0.4 is 5.73 Å². The van der Waals surface area contributed by atoms with E-state index in [2.05, 4.69) is 12.1 Å². The molecule has 0 unspecified atom stereocenters. The van der Waals surface area contributed by atoms with Crippen molar-refractivity contribution in [1.29, 1.82) is 10.5 Å². The molecule has 0 saturated heterocycles. The summed E-state index contributed by atoms with van der Waals surface area (Å²) in [6.07, 6.45) is 0. The minimum atomic E-state index is 0.667. The van der Waals surface area contributed by atoms with Crippen LogP contribution in [0.1, 0.15) is 11.1 Å². The van der Waals surface area contributed by atoms with Crippen LogP contribution in [0.5, 0.6) is 0 Å². The molecular weight excluding hydrogens is 342 g/mol. The van der Waals surface area contributed by atoms with Crippen LogP contribution in [0.15, 0.2) is 72.8 Å². The fourth-order valence-corrected chi connectivity index (χ4v) is 3.01. The number of hydrogen-bond donors (Lipinski definition) is 1. The van der Waals surface area contributed by atoms with E-state index in [0.717, 1.165) is 27.2 Å². The molecule has 0 aliphatic rings. The monoisotopic (exact) mass is 355 g/mol. The second-order valence-corrected chi connectivity index (χ2v) is 6.02. The summed E-state index contributed by atoms with van der Waals surface area (Å²) in [6.45, 7) is 0. The van der Waals surface area contributed by atoms with Crippen molar-refractivity contribution < 1.29 is 0 Å². The largest absolute Gasteiger partial charge is 0.398 e. The SMILES string of the molecule is N#Cc1ccc(Cl)c2ccccc12.N#Cc1ccc(N)c2ccccc12. The van der Waals surface area contributed by atoms with Gasteiger partial charge < -0.3 is 5.73 Å².